The molecule has 0 aromatic heterocycles. The molecule has 0 aliphatic carbocycles. The fraction of sp³-hybridized carbons (Fsp3) is 1.00. The van der Waals surface area contributed by atoms with Gasteiger partial charge in [0.1, 0.15) is 0 Å². The maximum Gasteiger partial charge on any atom is 1.00 e. The van der Waals surface area contributed by atoms with Crippen molar-refractivity contribution in [1.29, 1.82) is 0 Å². The molecule has 1 rings (SSSR count). The van der Waals surface area contributed by atoms with Crippen LogP contribution in [0.3, 0.4) is 0 Å². The Hall–Kier alpha value is 1.07. The standard InChI is InChI=1S/C4H8O3S.Na.H/c5-8(6)4-1-2-7-3-4;;/h4H,1-3H2,(H,5,6);;/q;+1;-1. The molecule has 0 bridgehead atoms. The Balaban J connectivity index is 0. The van der Waals surface area contributed by atoms with Crippen LogP contribution in [-0.4, -0.2) is 27.2 Å². The summed E-state index contributed by atoms with van der Waals surface area (Å²) in [5.74, 6) is 0. The first-order valence-corrected chi connectivity index (χ1v) is 3.65. The monoisotopic (exact) mass is 160 g/mol. The predicted octanol–water partition coefficient (Wildman–Crippen LogP) is -2.89. The van der Waals surface area contributed by atoms with E-state index in [1.54, 1.807) is 0 Å². The molecule has 3 nitrogen and oxygen atoms in total. The molecule has 0 amide bonds. The molecule has 1 heterocycles. The topological polar surface area (TPSA) is 46.5 Å². The van der Waals surface area contributed by atoms with Crippen LogP contribution in [0.4, 0.5) is 0 Å². The SMILES string of the molecule is O=S(O)C1CCOC1.[H-].[Na+]. The summed E-state index contributed by atoms with van der Waals surface area (Å²) in [7, 11) is 0. The molecule has 5 heteroatoms. The zero-order chi connectivity index (χ0) is 5.98. The zero-order valence-electron chi connectivity index (χ0n) is 6.37. The molecule has 1 aliphatic heterocycles. The van der Waals surface area contributed by atoms with Gasteiger partial charge in [-0.15, -0.1) is 0 Å². The third-order valence-electron chi connectivity index (χ3n) is 1.17. The third kappa shape index (κ3) is 3.11. The van der Waals surface area contributed by atoms with Gasteiger partial charge in [-0.1, -0.05) is 0 Å². The Bertz CT molecular complexity index is 107. The van der Waals surface area contributed by atoms with E-state index in [9.17, 15) is 4.21 Å². The summed E-state index contributed by atoms with van der Waals surface area (Å²) in [6.45, 7) is 1.08. The van der Waals surface area contributed by atoms with Gasteiger partial charge in [-0.25, -0.2) is 4.21 Å². The fourth-order valence-corrected chi connectivity index (χ4v) is 1.18. The Morgan fingerprint density at radius 2 is 2.44 bits per heavy atom. The van der Waals surface area contributed by atoms with Crippen molar-refractivity contribution in [2.45, 2.75) is 11.7 Å². The van der Waals surface area contributed by atoms with Gasteiger partial charge in [-0.2, -0.15) is 0 Å². The average molecular weight is 160 g/mol. The van der Waals surface area contributed by atoms with Crippen molar-refractivity contribution in [3.8, 4) is 0 Å². The first kappa shape index (κ1) is 10.1. The van der Waals surface area contributed by atoms with E-state index in [1.165, 1.54) is 0 Å². The van der Waals surface area contributed by atoms with E-state index in [2.05, 4.69) is 0 Å². The molecule has 0 aromatic rings. The minimum absolute atomic E-state index is 0. The largest absolute Gasteiger partial charge is 1.00 e. The minimum Gasteiger partial charge on any atom is -1.00 e. The Labute approximate surface area is 80.2 Å². The zero-order valence-corrected chi connectivity index (χ0v) is 8.19. The number of hydrogen-bond donors (Lipinski definition) is 1. The number of rotatable bonds is 1. The first-order chi connectivity index (χ1) is 3.80. The molecule has 1 N–H and O–H groups in total. The second-order valence-corrected chi connectivity index (χ2v) is 2.98. The second kappa shape index (κ2) is 4.82. The van der Waals surface area contributed by atoms with E-state index >= 15 is 0 Å². The second-order valence-electron chi connectivity index (χ2n) is 1.76. The van der Waals surface area contributed by atoms with Crippen LogP contribution in [0, 0.1) is 0 Å². The summed E-state index contributed by atoms with van der Waals surface area (Å²) in [6.07, 6.45) is 0.725. The van der Waals surface area contributed by atoms with Gasteiger partial charge in [0.15, 0.2) is 11.1 Å². The molecule has 50 valence electrons. The van der Waals surface area contributed by atoms with Crippen molar-refractivity contribution in [2.75, 3.05) is 13.2 Å². The van der Waals surface area contributed by atoms with E-state index in [0.29, 0.717) is 13.2 Å². The summed E-state index contributed by atoms with van der Waals surface area (Å²) in [6, 6.07) is 0. The molecule has 2 unspecified atom stereocenters. The molecule has 0 radical (unpaired) electrons. The average Bonchev–Trinajstić information content (AvgIpc) is 2.12. The van der Waals surface area contributed by atoms with Gasteiger partial charge >= 0.3 is 29.6 Å². The molecule has 0 saturated carbocycles. The van der Waals surface area contributed by atoms with Crippen LogP contribution in [0.1, 0.15) is 7.85 Å². The molecule has 0 spiro atoms. The summed E-state index contributed by atoms with van der Waals surface area (Å²) >= 11 is -1.67. The van der Waals surface area contributed by atoms with Crippen molar-refractivity contribution < 1.29 is 44.5 Å². The molecule has 1 aliphatic rings. The maximum atomic E-state index is 10.2. The molecular formula is C4H9NaO3S. The van der Waals surface area contributed by atoms with Crippen LogP contribution in [0.15, 0.2) is 0 Å². The summed E-state index contributed by atoms with van der Waals surface area (Å²) in [5, 5.41) is -0.130. The van der Waals surface area contributed by atoms with E-state index in [4.69, 9.17) is 9.29 Å². The fourth-order valence-electron chi connectivity index (χ4n) is 0.672. The predicted molar refractivity (Wildman–Crippen MR) is 31.1 cm³/mol. The normalized spacial score (nSPS) is 29.2. The molecule has 1 fully saturated rings. The Morgan fingerprint density at radius 1 is 1.78 bits per heavy atom. The Kier molecular flexibility index (Phi) is 5.39. The van der Waals surface area contributed by atoms with Crippen LogP contribution in [-0.2, 0) is 15.8 Å². The molecular weight excluding hydrogens is 151 g/mol. The Morgan fingerprint density at radius 3 is 2.67 bits per heavy atom. The van der Waals surface area contributed by atoms with E-state index in [0.717, 1.165) is 6.42 Å². The van der Waals surface area contributed by atoms with Crippen molar-refractivity contribution in [2.24, 2.45) is 0 Å². The number of hydrogen-bond acceptors (Lipinski definition) is 2. The summed E-state index contributed by atoms with van der Waals surface area (Å²) in [5.41, 5.74) is 0. The van der Waals surface area contributed by atoms with E-state index < -0.39 is 11.1 Å². The molecule has 1 saturated heterocycles. The van der Waals surface area contributed by atoms with Crippen molar-refractivity contribution in [3.63, 3.8) is 0 Å². The van der Waals surface area contributed by atoms with E-state index in [1.807, 2.05) is 0 Å². The van der Waals surface area contributed by atoms with Crippen LogP contribution in [0.5, 0.6) is 0 Å². The first-order valence-electron chi connectivity index (χ1n) is 2.48. The summed E-state index contributed by atoms with van der Waals surface area (Å²) in [4.78, 5) is 0. The van der Waals surface area contributed by atoms with Crippen LogP contribution in [0.2, 0.25) is 0 Å². The van der Waals surface area contributed by atoms with Crippen molar-refractivity contribution in [3.05, 3.63) is 0 Å². The van der Waals surface area contributed by atoms with Gasteiger partial charge in [0.2, 0.25) is 0 Å². The van der Waals surface area contributed by atoms with Gasteiger partial charge in [-0.05, 0) is 6.42 Å². The number of ether oxygens (including phenoxy) is 1. The van der Waals surface area contributed by atoms with Gasteiger partial charge in [-0.3, -0.25) is 0 Å². The quantitative estimate of drug-likeness (QED) is 0.331. The maximum absolute atomic E-state index is 10.2. The third-order valence-corrected chi connectivity index (χ3v) is 2.12. The van der Waals surface area contributed by atoms with Crippen molar-refractivity contribution in [1.82, 2.24) is 0 Å². The minimum atomic E-state index is -1.67. The van der Waals surface area contributed by atoms with Crippen LogP contribution >= 0.6 is 0 Å². The molecule has 0 aromatic carbocycles. The smallest absolute Gasteiger partial charge is 1.00 e. The van der Waals surface area contributed by atoms with Crippen LogP contribution < -0.4 is 29.6 Å². The van der Waals surface area contributed by atoms with Crippen molar-refractivity contribution >= 4 is 11.1 Å². The van der Waals surface area contributed by atoms with Gasteiger partial charge in [0.05, 0.1) is 11.9 Å². The van der Waals surface area contributed by atoms with Crippen LogP contribution in [0.25, 0.3) is 0 Å². The van der Waals surface area contributed by atoms with Gasteiger partial charge < -0.3 is 10.7 Å². The van der Waals surface area contributed by atoms with Gasteiger partial charge in [0, 0.05) is 6.61 Å². The van der Waals surface area contributed by atoms with Gasteiger partial charge in [0.25, 0.3) is 0 Å². The summed E-state index contributed by atoms with van der Waals surface area (Å²) < 4.78 is 23.5. The van der Waals surface area contributed by atoms with E-state index in [-0.39, 0.29) is 36.2 Å². The molecule has 9 heavy (non-hydrogen) atoms. The molecule has 2 atom stereocenters.